The third-order valence-electron chi connectivity index (χ3n) is 4.20. The number of likely N-dealkylation sites (tertiary alicyclic amines) is 1. The minimum absolute atomic E-state index is 0.138. The zero-order valence-electron chi connectivity index (χ0n) is 14.7. The third kappa shape index (κ3) is 5.26. The molecule has 0 aliphatic carbocycles. The van der Waals surface area contributed by atoms with E-state index in [0.29, 0.717) is 6.54 Å². The van der Waals surface area contributed by atoms with Crippen LogP contribution in [0.1, 0.15) is 44.9 Å². The summed E-state index contributed by atoms with van der Waals surface area (Å²) >= 11 is 1.08. The van der Waals surface area contributed by atoms with Gasteiger partial charge in [-0.3, -0.25) is 9.59 Å². The van der Waals surface area contributed by atoms with Gasteiger partial charge in [-0.15, -0.1) is 11.3 Å². The fourth-order valence-electron chi connectivity index (χ4n) is 2.82. The first-order valence-electron chi connectivity index (χ1n) is 8.36. The highest BCUT2D eigenvalue weighted by Gasteiger charge is 2.30. The lowest BCUT2D eigenvalue weighted by Gasteiger charge is -2.35. The van der Waals surface area contributed by atoms with Gasteiger partial charge in [-0.1, -0.05) is 0 Å². The predicted molar refractivity (Wildman–Crippen MR) is 96.6 cm³/mol. The van der Waals surface area contributed by atoms with Crippen LogP contribution in [0.3, 0.4) is 0 Å². The van der Waals surface area contributed by atoms with Crippen LogP contribution in [-0.4, -0.2) is 43.8 Å². The molecule has 1 saturated heterocycles. The van der Waals surface area contributed by atoms with Gasteiger partial charge in [-0.2, -0.15) is 4.72 Å². The summed E-state index contributed by atoms with van der Waals surface area (Å²) in [6, 6.07) is 2.48. The molecule has 7 nitrogen and oxygen atoms in total. The highest BCUT2D eigenvalue weighted by atomic mass is 32.2. The summed E-state index contributed by atoms with van der Waals surface area (Å²) in [5.41, 5.74) is 0. The van der Waals surface area contributed by atoms with Gasteiger partial charge in [0, 0.05) is 24.4 Å². The van der Waals surface area contributed by atoms with Gasteiger partial charge in [0.2, 0.25) is 11.8 Å². The van der Waals surface area contributed by atoms with Crippen molar-refractivity contribution < 1.29 is 18.0 Å². The van der Waals surface area contributed by atoms with Gasteiger partial charge in [0.15, 0.2) is 0 Å². The van der Waals surface area contributed by atoms with Crippen LogP contribution in [0.2, 0.25) is 0 Å². The number of hydrogen-bond donors (Lipinski definition) is 2. The van der Waals surface area contributed by atoms with E-state index in [1.807, 2.05) is 6.92 Å². The largest absolute Gasteiger partial charge is 0.351 e. The molecule has 0 aromatic carbocycles. The lowest BCUT2D eigenvalue weighted by Crippen LogP contribution is -2.51. The maximum Gasteiger partial charge on any atom is 0.250 e. The number of carbonyl (C=O) groups is 2. The van der Waals surface area contributed by atoms with Gasteiger partial charge in [-0.05, 0) is 45.2 Å². The van der Waals surface area contributed by atoms with E-state index in [9.17, 15) is 18.0 Å². The predicted octanol–water partition coefficient (Wildman–Crippen LogP) is 1.45. The number of hydrogen-bond acceptors (Lipinski definition) is 5. The molecule has 0 spiro atoms. The van der Waals surface area contributed by atoms with Crippen molar-refractivity contribution in [3.63, 3.8) is 0 Å². The van der Waals surface area contributed by atoms with Crippen LogP contribution in [0.4, 0.5) is 0 Å². The number of sulfonamides is 1. The molecule has 1 aliphatic rings. The van der Waals surface area contributed by atoms with E-state index in [0.717, 1.165) is 35.5 Å². The van der Waals surface area contributed by atoms with Gasteiger partial charge >= 0.3 is 0 Å². The number of thiophene rings is 1. The number of carbonyl (C=O) groups excluding carboxylic acids is 2. The van der Waals surface area contributed by atoms with Crippen LogP contribution in [0.5, 0.6) is 0 Å². The van der Waals surface area contributed by atoms with E-state index >= 15 is 0 Å². The fourth-order valence-corrected chi connectivity index (χ4v) is 5.33. The molecule has 1 aromatic rings. The van der Waals surface area contributed by atoms with Crippen molar-refractivity contribution >= 4 is 33.2 Å². The van der Waals surface area contributed by atoms with Crippen LogP contribution >= 0.6 is 11.3 Å². The van der Waals surface area contributed by atoms with E-state index in [1.165, 1.54) is 13.0 Å². The minimum atomic E-state index is -3.77. The van der Waals surface area contributed by atoms with Gasteiger partial charge in [0.05, 0.1) is 12.6 Å². The first-order valence-corrected chi connectivity index (χ1v) is 10.7. The average molecular weight is 388 g/mol. The monoisotopic (exact) mass is 387 g/mol. The van der Waals surface area contributed by atoms with Gasteiger partial charge < -0.3 is 10.2 Å². The molecule has 2 rings (SSSR count). The highest BCUT2D eigenvalue weighted by Crippen LogP contribution is 2.22. The topological polar surface area (TPSA) is 95.6 Å². The zero-order chi connectivity index (χ0) is 18.6. The van der Waals surface area contributed by atoms with Crippen LogP contribution in [0.15, 0.2) is 16.3 Å². The Balaban J connectivity index is 2.02. The molecule has 0 saturated carbocycles. The molecule has 1 aliphatic heterocycles. The summed E-state index contributed by atoms with van der Waals surface area (Å²) in [5.74, 6) is -0.364. The minimum Gasteiger partial charge on any atom is -0.351 e. The second kappa shape index (κ2) is 8.29. The highest BCUT2D eigenvalue weighted by molar-refractivity contribution is 7.91. The Hall–Kier alpha value is -1.45. The summed E-state index contributed by atoms with van der Waals surface area (Å²) in [6.45, 7) is 5.93. The fraction of sp³-hybridized carbons (Fsp3) is 0.625. The molecule has 0 radical (unpaired) electrons. The van der Waals surface area contributed by atoms with Crippen molar-refractivity contribution in [3.05, 3.63) is 17.0 Å². The molecule has 140 valence electrons. The molecule has 9 heteroatoms. The molecular formula is C16H25N3O4S2. The molecule has 1 fully saturated rings. The standard InChI is InChI=1S/C16H25N3O4S2/c1-11-6-4-5-9-19(11)16(21)12(2)18-25(22,23)15-8-7-14(24-15)10-17-13(3)20/h7-8,11-12,18H,4-6,9-10H2,1-3H3,(H,17,20). The summed E-state index contributed by atoms with van der Waals surface area (Å²) in [7, 11) is -3.77. The lowest BCUT2D eigenvalue weighted by molar-refractivity contribution is -0.135. The molecule has 2 unspecified atom stereocenters. The maximum atomic E-state index is 12.6. The molecule has 0 bridgehead atoms. The Morgan fingerprint density at radius 1 is 1.36 bits per heavy atom. The average Bonchev–Trinajstić information content (AvgIpc) is 3.02. The number of nitrogens with one attached hydrogen (secondary N) is 2. The number of piperidine rings is 1. The van der Waals surface area contributed by atoms with Crippen molar-refractivity contribution in [2.75, 3.05) is 6.54 Å². The summed E-state index contributed by atoms with van der Waals surface area (Å²) in [6.07, 6.45) is 2.99. The molecule has 25 heavy (non-hydrogen) atoms. The van der Waals surface area contributed by atoms with Crippen LogP contribution < -0.4 is 10.0 Å². The summed E-state index contributed by atoms with van der Waals surface area (Å²) in [4.78, 5) is 26.0. The van der Waals surface area contributed by atoms with E-state index in [2.05, 4.69) is 10.0 Å². The number of rotatable bonds is 6. The van der Waals surface area contributed by atoms with Gasteiger partial charge in [0.1, 0.15) is 4.21 Å². The molecule has 2 atom stereocenters. The Kier molecular flexibility index (Phi) is 6.59. The second-order valence-corrected chi connectivity index (χ2v) is 9.46. The molecule has 2 heterocycles. The maximum absolute atomic E-state index is 12.6. The lowest BCUT2D eigenvalue weighted by atomic mass is 10.0. The summed E-state index contributed by atoms with van der Waals surface area (Å²) in [5, 5.41) is 2.63. The van der Waals surface area contributed by atoms with Crippen molar-refractivity contribution in [2.24, 2.45) is 0 Å². The SMILES string of the molecule is CC(=O)NCc1ccc(S(=O)(=O)NC(C)C(=O)N2CCCCC2C)s1. The van der Waals surface area contributed by atoms with Crippen molar-refractivity contribution in [3.8, 4) is 0 Å². The summed E-state index contributed by atoms with van der Waals surface area (Å²) < 4.78 is 27.6. The Morgan fingerprint density at radius 2 is 2.08 bits per heavy atom. The molecular weight excluding hydrogens is 362 g/mol. The van der Waals surface area contributed by atoms with Crippen molar-refractivity contribution in [2.45, 2.75) is 62.9 Å². The van der Waals surface area contributed by atoms with Crippen LogP contribution in [0.25, 0.3) is 0 Å². The molecule has 1 aromatic heterocycles. The normalized spacial score (nSPS) is 19.5. The third-order valence-corrected chi connectivity index (χ3v) is 7.32. The Labute approximate surface area is 152 Å². The zero-order valence-corrected chi connectivity index (χ0v) is 16.4. The first kappa shape index (κ1) is 19.9. The van der Waals surface area contributed by atoms with Gasteiger partial charge in [-0.25, -0.2) is 8.42 Å². The smallest absolute Gasteiger partial charge is 0.250 e. The van der Waals surface area contributed by atoms with Crippen LogP contribution in [-0.2, 0) is 26.2 Å². The van der Waals surface area contributed by atoms with E-state index in [-0.39, 0.29) is 28.6 Å². The quantitative estimate of drug-likeness (QED) is 0.772. The van der Waals surface area contributed by atoms with Gasteiger partial charge in [0.25, 0.3) is 10.0 Å². The second-order valence-electron chi connectivity index (χ2n) is 6.35. The number of amides is 2. The van der Waals surface area contributed by atoms with E-state index in [4.69, 9.17) is 0 Å². The molecule has 2 N–H and O–H groups in total. The van der Waals surface area contributed by atoms with E-state index in [1.54, 1.807) is 17.9 Å². The number of nitrogens with zero attached hydrogens (tertiary/aromatic N) is 1. The van der Waals surface area contributed by atoms with Crippen molar-refractivity contribution in [1.82, 2.24) is 14.9 Å². The Morgan fingerprint density at radius 3 is 2.72 bits per heavy atom. The van der Waals surface area contributed by atoms with Crippen LogP contribution in [0, 0.1) is 0 Å². The first-order chi connectivity index (χ1) is 11.7. The Bertz CT molecular complexity index is 729. The van der Waals surface area contributed by atoms with E-state index < -0.39 is 16.1 Å². The molecule has 2 amide bonds. The van der Waals surface area contributed by atoms with Crippen molar-refractivity contribution in [1.29, 1.82) is 0 Å².